The van der Waals surface area contributed by atoms with Crippen LogP contribution in [-0.4, -0.2) is 116 Å². The van der Waals surface area contributed by atoms with Crippen molar-refractivity contribution in [1.29, 1.82) is 0 Å². The number of nitrogens with two attached hydrogens (primary N) is 1. The minimum Gasteiger partial charge on any atom is -0.581 e. The van der Waals surface area contributed by atoms with E-state index in [4.69, 9.17) is 41.3 Å². The number of rotatable bonds is 9. The predicted octanol–water partition coefficient (Wildman–Crippen LogP) is 4.03. The maximum Gasteiger partial charge on any atom is 0.227 e. The lowest BCUT2D eigenvalue weighted by atomic mass is 9.75. The van der Waals surface area contributed by atoms with E-state index in [1.54, 1.807) is 13.0 Å². The topological polar surface area (TPSA) is 142 Å². The van der Waals surface area contributed by atoms with Gasteiger partial charge in [-0.1, -0.05) is 18.0 Å². The van der Waals surface area contributed by atoms with E-state index in [1.165, 1.54) is 26.1 Å². The molecule has 0 radical (unpaired) electrons. The Hall–Kier alpha value is -3.07. The SMILES string of the molecule is COc1nc(-c2c(Cl)c(C)cc3n[n-]cc23)c(F)c(N)c1/C(=N\COC[C@]12CCC[C@H]1N(CC1COC1)CCC2)N1CCOC[C@@](C)(O)C1. The highest BCUT2D eigenvalue weighted by Gasteiger charge is 2.48. The Bertz CT molecular complexity index is 1720. The first-order chi connectivity index (χ1) is 23.6. The fourth-order valence-corrected chi connectivity index (χ4v) is 8.55. The summed E-state index contributed by atoms with van der Waals surface area (Å²) in [5, 5.41) is 20.1. The number of amidine groups is 1. The van der Waals surface area contributed by atoms with E-state index in [2.05, 4.69) is 20.1 Å². The van der Waals surface area contributed by atoms with Crippen LogP contribution in [0.5, 0.6) is 5.88 Å². The van der Waals surface area contributed by atoms with Gasteiger partial charge >= 0.3 is 0 Å². The number of aliphatic hydroxyl groups is 1. The van der Waals surface area contributed by atoms with Crippen molar-refractivity contribution in [2.45, 2.75) is 57.6 Å². The molecule has 3 N–H and O–H groups in total. The number of β-amino-alcohol motifs (C(OH)–C–C–N with tert-alkyl or cyclic N) is 1. The number of likely N-dealkylation sites (tertiary alicyclic amines) is 1. The molecule has 0 amide bonds. The van der Waals surface area contributed by atoms with Crippen molar-refractivity contribution in [3.05, 3.63) is 34.2 Å². The number of hydrogen-bond acceptors (Lipinski definition) is 10. The maximum atomic E-state index is 16.6. The summed E-state index contributed by atoms with van der Waals surface area (Å²) in [5.41, 5.74) is 7.02. The summed E-state index contributed by atoms with van der Waals surface area (Å²) in [4.78, 5) is 14.1. The van der Waals surface area contributed by atoms with Crippen LogP contribution >= 0.6 is 11.6 Å². The first kappa shape index (κ1) is 34.4. The summed E-state index contributed by atoms with van der Waals surface area (Å²) >= 11 is 6.74. The molecule has 14 heteroatoms. The fourth-order valence-electron chi connectivity index (χ4n) is 8.30. The Balaban J connectivity index is 1.22. The van der Waals surface area contributed by atoms with Gasteiger partial charge in [0.05, 0.1) is 57.4 Å². The number of aryl methyl sites for hydroxylation is 1. The van der Waals surface area contributed by atoms with Gasteiger partial charge in [-0.25, -0.2) is 14.4 Å². The predicted molar refractivity (Wildman–Crippen MR) is 185 cm³/mol. The average molecular weight is 699 g/mol. The number of methoxy groups -OCH3 is 1. The molecule has 1 aliphatic carbocycles. The minimum absolute atomic E-state index is 0.0148. The third kappa shape index (κ3) is 6.61. The number of benzene rings is 1. The molecule has 3 aliphatic heterocycles. The summed E-state index contributed by atoms with van der Waals surface area (Å²) in [6, 6.07) is 2.28. The van der Waals surface area contributed by atoms with E-state index < -0.39 is 11.4 Å². The lowest BCUT2D eigenvalue weighted by Gasteiger charge is -2.48. The highest BCUT2D eigenvalue weighted by molar-refractivity contribution is 6.35. The first-order valence-corrected chi connectivity index (χ1v) is 17.6. The van der Waals surface area contributed by atoms with Gasteiger partial charge in [-0.2, -0.15) is 6.20 Å². The molecular formula is C35H46ClFN7O5-. The summed E-state index contributed by atoms with van der Waals surface area (Å²) < 4.78 is 39.9. The third-order valence-corrected chi connectivity index (χ3v) is 11.2. The fraction of sp³-hybridized carbons (Fsp3) is 0.629. The van der Waals surface area contributed by atoms with Crippen molar-refractivity contribution in [3.63, 3.8) is 0 Å². The lowest BCUT2D eigenvalue weighted by molar-refractivity contribution is -0.0806. The lowest BCUT2D eigenvalue weighted by Crippen LogP contribution is -2.54. The quantitative estimate of drug-likeness (QED) is 0.190. The van der Waals surface area contributed by atoms with Gasteiger partial charge in [-0.3, -0.25) is 4.90 Å². The number of halogens is 2. The van der Waals surface area contributed by atoms with E-state index in [9.17, 15) is 5.11 Å². The van der Waals surface area contributed by atoms with Crippen molar-refractivity contribution in [2.75, 3.05) is 78.8 Å². The molecule has 4 fully saturated rings. The molecule has 1 saturated carbocycles. The number of hydrogen-bond donors (Lipinski definition) is 2. The van der Waals surface area contributed by atoms with Gasteiger partial charge in [0.15, 0.2) is 5.82 Å². The molecular weight excluding hydrogens is 653 g/mol. The summed E-state index contributed by atoms with van der Waals surface area (Å²) in [6.45, 7) is 9.01. The average Bonchev–Trinajstić information content (AvgIpc) is 3.66. The Morgan fingerprint density at radius 1 is 1.27 bits per heavy atom. The Labute approximate surface area is 291 Å². The van der Waals surface area contributed by atoms with Gasteiger partial charge in [-0.15, -0.1) is 0 Å². The van der Waals surface area contributed by atoms with Gasteiger partial charge in [0.1, 0.15) is 29.4 Å². The second-order valence-electron chi connectivity index (χ2n) is 14.4. The molecule has 5 heterocycles. The molecule has 4 aliphatic rings. The highest BCUT2D eigenvalue weighted by Crippen LogP contribution is 2.48. The molecule has 49 heavy (non-hydrogen) atoms. The first-order valence-electron chi connectivity index (χ1n) is 17.2. The highest BCUT2D eigenvalue weighted by atomic mass is 35.5. The maximum absolute atomic E-state index is 16.6. The molecule has 7 rings (SSSR count). The number of aromatic nitrogens is 3. The number of pyridine rings is 1. The molecule has 12 nitrogen and oxygen atoms in total. The van der Waals surface area contributed by atoms with Crippen LogP contribution in [0.2, 0.25) is 5.02 Å². The van der Waals surface area contributed by atoms with Crippen molar-refractivity contribution < 1.29 is 28.4 Å². The molecule has 1 aromatic carbocycles. The van der Waals surface area contributed by atoms with Gasteiger partial charge in [-0.05, 0) is 63.1 Å². The molecule has 0 bridgehead atoms. The van der Waals surface area contributed by atoms with Crippen LogP contribution in [0.3, 0.4) is 0 Å². The molecule has 0 unspecified atom stereocenters. The van der Waals surface area contributed by atoms with Crippen LogP contribution in [0, 0.1) is 24.1 Å². The molecule has 266 valence electrons. The Morgan fingerprint density at radius 2 is 2.08 bits per heavy atom. The van der Waals surface area contributed by atoms with Crippen LogP contribution in [-0.2, 0) is 14.2 Å². The Morgan fingerprint density at radius 3 is 2.86 bits per heavy atom. The number of ether oxygens (including phenoxy) is 4. The normalized spacial score (nSPS) is 26.9. The number of piperidine rings is 1. The smallest absolute Gasteiger partial charge is 0.227 e. The molecule has 3 aromatic rings. The zero-order chi connectivity index (χ0) is 34.3. The number of aliphatic imine (C=N–C) groups is 1. The molecule has 3 saturated heterocycles. The van der Waals surface area contributed by atoms with Crippen molar-refractivity contribution in [2.24, 2.45) is 16.3 Å². The standard InChI is InChI=1S/C35H46ClFN7O5/c1-21-12-24-23(13-40-42-24)26(28(21)36)31-29(37)30(38)27(33(41-31)46-3)32(44-10-11-47-18-34(2,45)17-44)39-20-49-19-35-7-4-6-25(35)43(9-5-8-35)14-22-15-48-16-22/h12-13,22,25,45H,4-11,14-20H2,1-3H3,(H2-,38,40,41,42)/q-1/b39-32+/t25-,34+,35-/m1/s1. The molecule has 0 spiro atoms. The van der Waals surface area contributed by atoms with Crippen molar-refractivity contribution >= 4 is 34.0 Å². The summed E-state index contributed by atoms with van der Waals surface area (Å²) in [7, 11) is 1.45. The molecule has 2 aromatic heterocycles. The van der Waals surface area contributed by atoms with Crippen LogP contribution < -0.4 is 15.6 Å². The zero-order valence-corrected chi connectivity index (χ0v) is 29.3. The second-order valence-corrected chi connectivity index (χ2v) is 14.8. The van der Waals surface area contributed by atoms with E-state index in [-0.39, 0.29) is 48.1 Å². The van der Waals surface area contributed by atoms with Gasteiger partial charge in [0.2, 0.25) is 5.88 Å². The minimum atomic E-state index is -1.20. The van der Waals surface area contributed by atoms with Gasteiger partial charge in [0, 0.05) is 41.5 Å². The molecule has 3 atom stereocenters. The van der Waals surface area contributed by atoms with Crippen LogP contribution in [0.4, 0.5) is 10.1 Å². The summed E-state index contributed by atoms with van der Waals surface area (Å²) in [6.07, 6.45) is 7.27. The van der Waals surface area contributed by atoms with Gasteiger partial charge in [0.25, 0.3) is 0 Å². The third-order valence-electron chi connectivity index (χ3n) is 10.7. The van der Waals surface area contributed by atoms with E-state index in [0.29, 0.717) is 64.6 Å². The number of nitrogen functional groups attached to an aromatic ring is 1. The van der Waals surface area contributed by atoms with E-state index in [0.717, 1.165) is 45.6 Å². The monoisotopic (exact) mass is 698 g/mol. The van der Waals surface area contributed by atoms with E-state index >= 15 is 4.39 Å². The summed E-state index contributed by atoms with van der Waals surface area (Å²) in [5.74, 6) is 0.217. The van der Waals surface area contributed by atoms with Crippen molar-refractivity contribution in [1.82, 2.24) is 25.0 Å². The number of nitrogens with zero attached hydrogens (tertiary/aromatic N) is 6. The van der Waals surface area contributed by atoms with Crippen LogP contribution in [0.15, 0.2) is 17.3 Å². The Kier molecular flexibility index (Phi) is 9.77. The van der Waals surface area contributed by atoms with Crippen molar-refractivity contribution in [3.8, 4) is 17.1 Å². The van der Waals surface area contributed by atoms with Gasteiger partial charge < -0.3 is 44.9 Å². The number of anilines is 1. The van der Waals surface area contributed by atoms with Crippen LogP contribution in [0.1, 0.15) is 50.2 Å². The number of fused-ring (bicyclic) bond motifs is 2. The second kappa shape index (κ2) is 13.9. The zero-order valence-electron chi connectivity index (χ0n) is 28.5. The van der Waals surface area contributed by atoms with E-state index in [1.807, 2.05) is 11.8 Å². The largest absolute Gasteiger partial charge is 0.581 e. The van der Waals surface area contributed by atoms with Crippen LogP contribution in [0.25, 0.3) is 22.2 Å².